The molecule has 0 radical (unpaired) electrons. The van der Waals surface area contributed by atoms with E-state index in [1.807, 2.05) is 6.92 Å². The van der Waals surface area contributed by atoms with Crippen LogP contribution in [0.25, 0.3) is 0 Å². The number of carbonyl (C=O) groups excluding carboxylic acids is 1. The Hall–Kier alpha value is -0.650. The number of nitrogens with two attached hydrogens (primary N) is 1. The fourth-order valence-corrected chi connectivity index (χ4v) is 2.43. The number of carbonyl (C=O) groups is 1. The lowest BCUT2D eigenvalue weighted by atomic mass is 10.1. The Morgan fingerprint density at radius 3 is 2.83 bits per heavy atom. The first-order chi connectivity index (χ1) is 8.71. The molecule has 1 rings (SSSR count). The molecule has 1 heterocycles. The monoisotopic (exact) mass is 257 g/mol. The van der Waals surface area contributed by atoms with Crippen LogP contribution in [0.1, 0.15) is 33.1 Å². The second-order valence-corrected chi connectivity index (χ2v) is 4.77. The van der Waals surface area contributed by atoms with Crippen LogP contribution in [0.15, 0.2) is 0 Å². The lowest BCUT2D eigenvalue weighted by molar-refractivity contribution is -0.122. The number of rotatable bonds is 8. The number of amides is 1. The highest BCUT2D eigenvalue weighted by atomic mass is 16.5. The first-order valence-corrected chi connectivity index (χ1v) is 7.03. The summed E-state index contributed by atoms with van der Waals surface area (Å²) in [6, 6.07) is 0.116. The van der Waals surface area contributed by atoms with Gasteiger partial charge in [0.1, 0.15) is 0 Å². The number of hydrogen-bond acceptors (Lipinski definition) is 4. The smallest absolute Gasteiger partial charge is 0.221 e. The predicted molar refractivity (Wildman–Crippen MR) is 72.4 cm³/mol. The van der Waals surface area contributed by atoms with E-state index in [9.17, 15) is 4.79 Å². The van der Waals surface area contributed by atoms with E-state index in [1.54, 1.807) is 0 Å². The second kappa shape index (κ2) is 8.45. The van der Waals surface area contributed by atoms with E-state index in [0.29, 0.717) is 25.6 Å². The summed E-state index contributed by atoms with van der Waals surface area (Å²) >= 11 is 0. The van der Waals surface area contributed by atoms with Gasteiger partial charge in [-0.1, -0.05) is 6.92 Å². The average Bonchev–Trinajstić information content (AvgIpc) is 2.86. The maximum atomic E-state index is 11.6. The van der Waals surface area contributed by atoms with E-state index in [1.165, 1.54) is 0 Å². The van der Waals surface area contributed by atoms with Gasteiger partial charge in [0.2, 0.25) is 5.91 Å². The van der Waals surface area contributed by atoms with Crippen LogP contribution >= 0.6 is 0 Å². The van der Waals surface area contributed by atoms with Crippen molar-refractivity contribution in [3.05, 3.63) is 0 Å². The molecule has 1 aliphatic rings. The summed E-state index contributed by atoms with van der Waals surface area (Å²) in [6.07, 6.45) is 3.05. The van der Waals surface area contributed by atoms with E-state index in [0.717, 1.165) is 32.5 Å². The molecule has 1 amide bonds. The summed E-state index contributed by atoms with van der Waals surface area (Å²) < 4.78 is 5.65. The van der Waals surface area contributed by atoms with Gasteiger partial charge in [0.25, 0.3) is 0 Å². The molecule has 18 heavy (non-hydrogen) atoms. The highest BCUT2D eigenvalue weighted by molar-refractivity contribution is 5.76. The highest BCUT2D eigenvalue weighted by Gasteiger charge is 2.24. The number of likely N-dealkylation sites (N-methyl/N-ethyl adjacent to an activating group) is 1. The number of nitrogens with zero attached hydrogens (tertiary/aromatic N) is 1. The second-order valence-electron chi connectivity index (χ2n) is 4.77. The van der Waals surface area contributed by atoms with Gasteiger partial charge in [0, 0.05) is 38.7 Å². The van der Waals surface area contributed by atoms with Crippen LogP contribution in [-0.2, 0) is 9.53 Å². The van der Waals surface area contributed by atoms with Crippen LogP contribution in [0.5, 0.6) is 0 Å². The van der Waals surface area contributed by atoms with Crippen LogP contribution in [0.3, 0.4) is 0 Å². The summed E-state index contributed by atoms with van der Waals surface area (Å²) in [5.74, 6) is 0.0822. The van der Waals surface area contributed by atoms with Crippen molar-refractivity contribution in [2.45, 2.75) is 45.3 Å². The molecule has 1 saturated heterocycles. The first kappa shape index (κ1) is 15.4. The van der Waals surface area contributed by atoms with E-state index >= 15 is 0 Å². The van der Waals surface area contributed by atoms with Crippen molar-refractivity contribution in [1.82, 2.24) is 10.2 Å². The summed E-state index contributed by atoms with van der Waals surface area (Å²) in [6.45, 7) is 7.88. The van der Waals surface area contributed by atoms with Gasteiger partial charge >= 0.3 is 0 Å². The largest absolute Gasteiger partial charge is 0.377 e. The molecule has 0 aromatic heterocycles. The standard InChI is InChI=1S/C13H27N3O2/c1-3-15-13(17)8-11(9-14)16(4-2)10-12-6-5-7-18-12/h11-12H,3-10,14H2,1-2H3,(H,15,17). The van der Waals surface area contributed by atoms with Gasteiger partial charge in [-0.15, -0.1) is 0 Å². The molecule has 0 bridgehead atoms. The van der Waals surface area contributed by atoms with Crippen molar-refractivity contribution in [2.24, 2.45) is 5.73 Å². The van der Waals surface area contributed by atoms with Gasteiger partial charge in [0.15, 0.2) is 0 Å². The fraction of sp³-hybridized carbons (Fsp3) is 0.923. The van der Waals surface area contributed by atoms with Crippen molar-refractivity contribution in [2.75, 3.05) is 32.8 Å². The Labute approximate surface area is 110 Å². The molecule has 2 atom stereocenters. The quantitative estimate of drug-likeness (QED) is 0.658. The molecular formula is C13H27N3O2. The Morgan fingerprint density at radius 1 is 1.56 bits per heavy atom. The van der Waals surface area contributed by atoms with Gasteiger partial charge < -0.3 is 15.8 Å². The molecule has 5 heteroatoms. The van der Waals surface area contributed by atoms with E-state index in [4.69, 9.17) is 10.5 Å². The van der Waals surface area contributed by atoms with Crippen LogP contribution in [-0.4, -0.2) is 55.7 Å². The lowest BCUT2D eigenvalue weighted by Gasteiger charge is -2.31. The lowest BCUT2D eigenvalue weighted by Crippen LogP contribution is -2.46. The zero-order valence-corrected chi connectivity index (χ0v) is 11.7. The van der Waals surface area contributed by atoms with E-state index in [2.05, 4.69) is 17.1 Å². The fourth-order valence-electron chi connectivity index (χ4n) is 2.43. The summed E-state index contributed by atoms with van der Waals surface area (Å²) in [5, 5.41) is 2.83. The topological polar surface area (TPSA) is 67.6 Å². The van der Waals surface area contributed by atoms with E-state index in [-0.39, 0.29) is 11.9 Å². The molecule has 106 valence electrons. The average molecular weight is 257 g/mol. The third kappa shape index (κ3) is 4.92. The van der Waals surface area contributed by atoms with Crippen molar-refractivity contribution in [3.8, 4) is 0 Å². The van der Waals surface area contributed by atoms with Gasteiger partial charge in [-0.05, 0) is 26.3 Å². The Bertz CT molecular complexity index is 242. The van der Waals surface area contributed by atoms with Crippen molar-refractivity contribution in [3.63, 3.8) is 0 Å². The maximum Gasteiger partial charge on any atom is 0.221 e. The molecule has 0 aromatic rings. The minimum absolute atomic E-state index is 0.0822. The van der Waals surface area contributed by atoms with E-state index < -0.39 is 0 Å². The molecule has 1 aliphatic heterocycles. The molecule has 0 spiro atoms. The number of hydrogen-bond donors (Lipinski definition) is 2. The predicted octanol–water partition coefficient (Wildman–Crippen LogP) is 0.341. The summed E-state index contributed by atoms with van der Waals surface area (Å²) in [4.78, 5) is 13.9. The third-order valence-electron chi connectivity index (χ3n) is 3.45. The Morgan fingerprint density at radius 2 is 2.33 bits per heavy atom. The molecule has 0 aromatic carbocycles. The molecule has 5 nitrogen and oxygen atoms in total. The molecule has 3 N–H and O–H groups in total. The summed E-state index contributed by atoms with van der Waals surface area (Å²) in [5.41, 5.74) is 5.81. The summed E-state index contributed by atoms with van der Waals surface area (Å²) in [7, 11) is 0. The van der Waals surface area contributed by atoms with Gasteiger partial charge in [-0.2, -0.15) is 0 Å². The SMILES string of the molecule is CCNC(=O)CC(CN)N(CC)CC1CCCO1. The number of nitrogens with one attached hydrogen (secondary N) is 1. The highest BCUT2D eigenvalue weighted by Crippen LogP contribution is 2.15. The number of ether oxygens (including phenoxy) is 1. The molecule has 1 fully saturated rings. The first-order valence-electron chi connectivity index (χ1n) is 7.03. The molecule has 0 saturated carbocycles. The maximum absolute atomic E-state index is 11.6. The van der Waals surface area contributed by atoms with Crippen LogP contribution in [0.2, 0.25) is 0 Å². The zero-order chi connectivity index (χ0) is 13.4. The Balaban J connectivity index is 2.44. The van der Waals surface area contributed by atoms with Crippen LogP contribution in [0.4, 0.5) is 0 Å². The van der Waals surface area contributed by atoms with Crippen molar-refractivity contribution in [1.29, 1.82) is 0 Å². The zero-order valence-electron chi connectivity index (χ0n) is 11.7. The molecule has 2 unspecified atom stereocenters. The minimum atomic E-state index is 0.0822. The van der Waals surface area contributed by atoms with Crippen LogP contribution < -0.4 is 11.1 Å². The Kier molecular flexibility index (Phi) is 7.23. The minimum Gasteiger partial charge on any atom is -0.377 e. The van der Waals surface area contributed by atoms with Crippen molar-refractivity contribution < 1.29 is 9.53 Å². The van der Waals surface area contributed by atoms with Gasteiger partial charge in [-0.3, -0.25) is 9.69 Å². The van der Waals surface area contributed by atoms with Crippen molar-refractivity contribution >= 4 is 5.91 Å². The van der Waals surface area contributed by atoms with Gasteiger partial charge in [-0.25, -0.2) is 0 Å². The molecule has 0 aliphatic carbocycles. The normalized spacial score (nSPS) is 21.2. The molecular weight excluding hydrogens is 230 g/mol. The third-order valence-corrected chi connectivity index (χ3v) is 3.45. The van der Waals surface area contributed by atoms with Gasteiger partial charge in [0.05, 0.1) is 6.10 Å². The van der Waals surface area contributed by atoms with Crippen LogP contribution in [0, 0.1) is 0 Å².